The van der Waals surface area contributed by atoms with Crippen LogP contribution in [0, 0.1) is 0 Å². The molecule has 11 heavy (non-hydrogen) atoms. The molecular weight excluding hydrogens is 148 g/mol. The fraction of sp³-hybridized carbons (Fsp3) is 0.857. The lowest BCUT2D eigenvalue weighted by Crippen LogP contribution is -2.22. The Morgan fingerprint density at radius 1 is 1.45 bits per heavy atom. The summed E-state index contributed by atoms with van der Waals surface area (Å²) in [5, 5.41) is 0. The van der Waals surface area contributed by atoms with Gasteiger partial charge in [-0.25, -0.2) is 4.79 Å². The molecule has 2 unspecified atom stereocenters. The van der Waals surface area contributed by atoms with Crippen molar-refractivity contribution in [3.8, 4) is 0 Å². The molecule has 0 radical (unpaired) electrons. The summed E-state index contributed by atoms with van der Waals surface area (Å²) in [5.74, 6) is -0.315. The van der Waals surface area contributed by atoms with Gasteiger partial charge in [-0.15, -0.1) is 0 Å². The highest BCUT2D eigenvalue weighted by atomic mass is 16.7. The molecule has 0 aliphatic carbocycles. The van der Waals surface area contributed by atoms with Gasteiger partial charge in [0.15, 0.2) is 12.4 Å². The first-order chi connectivity index (χ1) is 5.27. The van der Waals surface area contributed by atoms with E-state index in [4.69, 9.17) is 9.47 Å². The van der Waals surface area contributed by atoms with Crippen LogP contribution in [-0.2, 0) is 19.0 Å². The second kappa shape index (κ2) is 3.69. The van der Waals surface area contributed by atoms with Gasteiger partial charge in [0.1, 0.15) is 0 Å². The monoisotopic (exact) mass is 160 g/mol. The van der Waals surface area contributed by atoms with Gasteiger partial charge in [-0.1, -0.05) is 0 Å². The van der Waals surface area contributed by atoms with E-state index in [-0.39, 0.29) is 12.3 Å². The number of esters is 1. The third kappa shape index (κ3) is 1.91. The van der Waals surface area contributed by atoms with Crippen molar-refractivity contribution < 1.29 is 19.0 Å². The number of rotatable bonds is 2. The van der Waals surface area contributed by atoms with E-state index in [1.165, 1.54) is 7.11 Å². The minimum Gasteiger partial charge on any atom is -0.467 e. The number of methoxy groups -OCH3 is 2. The molecule has 4 nitrogen and oxygen atoms in total. The number of hydrogen-bond acceptors (Lipinski definition) is 4. The number of carbonyl (C=O) groups excluding carboxylic acids is 1. The maximum Gasteiger partial charge on any atom is 0.335 e. The molecule has 1 heterocycles. The van der Waals surface area contributed by atoms with E-state index in [2.05, 4.69) is 4.74 Å². The zero-order chi connectivity index (χ0) is 8.27. The highest BCUT2D eigenvalue weighted by Gasteiger charge is 2.31. The Morgan fingerprint density at radius 3 is 2.64 bits per heavy atom. The highest BCUT2D eigenvalue weighted by Crippen LogP contribution is 2.20. The summed E-state index contributed by atoms with van der Waals surface area (Å²) in [4.78, 5) is 10.9. The van der Waals surface area contributed by atoms with E-state index in [9.17, 15) is 4.79 Å². The highest BCUT2D eigenvalue weighted by molar-refractivity contribution is 5.74. The van der Waals surface area contributed by atoms with Gasteiger partial charge < -0.3 is 14.2 Å². The Hall–Kier alpha value is -0.610. The Morgan fingerprint density at radius 2 is 2.18 bits per heavy atom. The van der Waals surface area contributed by atoms with E-state index in [0.717, 1.165) is 6.42 Å². The maximum absolute atomic E-state index is 10.9. The molecule has 1 fully saturated rings. The quantitative estimate of drug-likeness (QED) is 0.545. The first kappa shape index (κ1) is 8.49. The molecule has 0 aromatic carbocycles. The Labute approximate surface area is 65.4 Å². The second-order valence-corrected chi connectivity index (χ2v) is 2.39. The predicted molar refractivity (Wildman–Crippen MR) is 36.9 cm³/mol. The molecule has 2 atom stereocenters. The molecule has 0 aromatic rings. The fourth-order valence-electron chi connectivity index (χ4n) is 1.09. The average molecular weight is 160 g/mol. The average Bonchev–Trinajstić information content (AvgIpc) is 2.50. The summed E-state index contributed by atoms with van der Waals surface area (Å²) in [7, 11) is 2.91. The summed E-state index contributed by atoms with van der Waals surface area (Å²) in [6.45, 7) is 0. The van der Waals surface area contributed by atoms with E-state index in [0.29, 0.717) is 6.42 Å². The van der Waals surface area contributed by atoms with E-state index < -0.39 is 6.10 Å². The van der Waals surface area contributed by atoms with Crippen molar-refractivity contribution in [3.05, 3.63) is 0 Å². The van der Waals surface area contributed by atoms with E-state index >= 15 is 0 Å². The summed E-state index contributed by atoms with van der Waals surface area (Å²) in [6, 6.07) is 0. The van der Waals surface area contributed by atoms with E-state index in [1.807, 2.05) is 0 Å². The van der Waals surface area contributed by atoms with Gasteiger partial charge in [0, 0.05) is 13.5 Å². The van der Waals surface area contributed by atoms with Crippen LogP contribution in [0.1, 0.15) is 12.8 Å². The lowest BCUT2D eigenvalue weighted by molar-refractivity contribution is -0.166. The summed E-state index contributed by atoms with van der Waals surface area (Å²) in [5.41, 5.74) is 0. The van der Waals surface area contributed by atoms with Crippen molar-refractivity contribution in [3.63, 3.8) is 0 Å². The lowest BCUT2D eigenvalue weighted by Gasteiger charge is -2.09. The van der Waals surface area contributed by atoms with Crippen molar-refractivity contribution in [2.45, 2.75) is 25.2 Å². The molecule has 1 saturated heterocycles. The van der Waals surface area contributed by atoms with E-state index in [1.54, 1.807) is 7.11 Å². The van der Waals surface area contributed by atoms with Crippen LogP contribution in [-0.4, -0.2) is 32.6 Å². The molecule has 4 heteroatoms. The predicted octanol–water partition coefficient (Wildman–Crippen LogP) is 0.311. The van der Waals surface area contributed by atoms with Crippen LogP contribution >= 0.6 is 0 Å². The molecule has 64 valence electrons. The second-order valence-electron chi connectivity index (χ2n) is 2.39. The maximum atomic E-state index is 10.9. The van der Waals surface area contributed by atoms with Gasteiger partial charge in [-0.05, 0) is 6.42 Å². The van der Waals surface area contributed by atoms with Crippen LogP contribution < -0.4 is 0 Å². The van der Waals surface area contributed by atoms with Crippen LogP contribution in [0.5, 0.6) is 0 Å². The molecule has 1 aliphatic heterocycles. The molecule has 0 bridgehead atoms. The van der Waals surface area contributed by atoms with Gasteiger partial charge in [0.2, 0.25) is 0 Å². The minimum atomic E-state index is -0.426. The van der Waals surface area contributed by atoms with Crippen molar-refractivity contribution in [2.24, 2.45) is 0 Å². The van der Waals surface area contributed by atoms with Gasteiger partial charge in [0.25, 0.3) is 0 Å². The molecule has 1 aliphatic rings. The summed E-state index contributed by atoms with van der Waals surface area (Å²) in [6.07, 6.45) is 0.783. The zero-order valence-electron chi connectivity index (χ0n) is 6.70. The Bertz CT molecular complexity index is 145. The fourth-order valence-corrected chi connectivity index (χ4v) is 1.09. The molecule has 0 spiro atoms. The smallest absolute Gasteiger partial charge is 0.335 e. The van der Waals surface area contributed by atoms with Crippen molar-refractivity contribution >= 4 is 5.97 Å². The van der Waals surface area contributed by atoms with Crippen LogP contribution in [0.4, 0.5) is 0 Å². The van der Waals surface area contributed by atoms with Crippen LogP contribution in [0.2, 0.25) is 0 Å². The number of ether oxygens (including phenoxy) is 3. The van der Waals surface area contributed by atoms with Crippen molar-refractivity contribution in [2.75, 3.05) is 14.2 Å². The molecule has 1 rings (SSSR count). The van der Waals surface area contributed by atoms with Gasteiger partial charge >= 0.3 is 5.97 Å². The Balaban J connectivity index is 2.35. The largest absolute Gasteiger partial charge is 0.467 e. The molecule has 0 amide bonds. The molecule has 0 saturated carbocycles. The topological polar surface area (TPSA) is 44.8 Å². The van der Waals surface area contributed by atoms with Crippen LogP contribution in [0.3, 0.4) is 0 Å². The lowest BCUT2D eigenvalue weighted by atomic mass is 10.2. The SMILES string of the molecule is COC(=O)C1CCC(OC)O1. The zero-order valence-corrected chi connectivity index (χ0v) is 6.70. The van der Waals surface area contributed by atoms with Gasteiger partial charge in [0.05, 0.1) is 7.11 Å². The first-order valence-electron chi connectivity index (χ1n) is 3.54. The Kier molecular flexibility index (Phi) is 2.84. The normalized spacial score (nSPS) is 30.4. The number of carbonyl (C=O) groups is 1. The van der Waals surface area contributed by atoms with Crippen molar-refractivity contribution in [1.82, 2.24) is 0 Å². The summed E-state index contributed by atoms with van der Waals surface area (Å²) >= 11 is 0. The number of hydrogen-bond donors (Lipinski definition) is 0. The van der Waals surface area contributed by atoms with Crippen LogP contribution in [0.15, 0.2) is 0 Å². The molecule has 0 N–H and O–H groups in total. The summed E-state index contributed by atoms with van der Waals surface area (Å²) < 4.78 is 14.6. The molecular formula is C7H12O4. The third-order valence-electron chi connectivity index (χ3n) is 1.71. The standard InChI is InChI=1S/C7H12O4/c1-9-6-4-3-5(11-6)7(8)10-2/h5-6H,3-4H2,1-2H3. The third-order valence-corrected chi connectivity index (χ3v) is 1.71. The van der Waals surface area contributed by atoms with Gasteiger partial charge in [-0.3, -0.25) is 0 Å². The van der Waals surface area contributed by atoms with Crippen LogP contribution in [0.25, 0.3) is 0 Å². The first-order valence-corrected chi connectivity index (χ1v) is 3.54. The van der Waals surface area contributed by atoms with Crippen molar-refractivity contribution in [1.29, 1.82) is 0 Å². The van der Waals surface area contributed by atoms with Gasteiger partial charge in [-0.2, -0.15) is 0 Å². The molecule has 0 aromatic heterocycles. The minimum absolute atomic E-state index is 0.237.